The molecule has 0 radical (unpaired) electrons. The summed E-state index contributed by atoms with van der Waals surface area (Å²) in [7, 11) is 1.42. The number of methoxy groups -OCH3 is 1. The molecule has 3 heteroatoms. The largest absolute Gasteiger partial charge is 0.468 e. The fourth-order valence-electron chi connectivity index (χ4n) is 2.13. The van der Waals surface area contributed by atoms with Gasteiger partial charge in [-0.1, -0.05) is 58.4 Å². The molecule has 0 spiro atoms. The lowest BCUT2D eigenvalue weighted by Crippen LogP contribution is -2.15. The van der Waals surface area contributed by atoms with E-state index in [2.05, 4.69) is 57.1 Å². The maximum Gasteiger partial charge on any atom is 0.319 e. The van der Waals surface area contributed by atoms with Gasteiger partial charge in [-0.3, -0.25) is 4.79 Å². The van der Waals surface area contributed by atoms with Crippen LogP contribution in [0.15, 0.2) is 42.5 Å². The highest BCUT2D eigenvalue weighted by atomic mass is 79.9. The number of aryl methyl sites for hydroxylation is 1. The predicted molar refractivity (Wildman–Crippen MR) is 81.6 cm³/mol. The molecule has 0 aliphatic rings. The number of benzene rings is 2. The Bertz CT molecular complexity index is 565. The lowest BCUT2D eigenvalue weighted by Gasteiger charge is -2.07. The molecule has 1 unspecified atom stereocenters. The fourth-order valence-corrected chi connectivity index (χ4v) is 2.64. The maximum atomic E-state index is 11.3. The van der Waals surface area contributed by atoms with Crippen LogP contribution in [0.4, 0.5) is 0 Å². The molecule has 2 rings (SSSR count). The summed E-state index contributed by atoms with van der Waals surface area (Å²) in [5, 5.41) is 2.53. The van der Waals surface area contributed by atoms with Gasteiger partial charge in [-0.25, -0.2) is 0 Å². The molecule has 0 saturated heterocycles. The monoisotopic (exact) mass is 320 g/mol. The molecule has 0 N–H and O–H groups in total. The van der Waals surface area contributed by atoms with E-state index >= 15 is 0 Å². The summed E-state index contributed by atoms with van der Waals surface area (Å²) in [4.78, 5) is 11.1. The first kappa shape index (κ1) is 14.1. The van der Waals surface area contributed by atoms with Gasteiger partial charge in [0.2, 0.25) is 0 Å². The van der Waals surface area contributed by atoms with E-state index in [0.717, 1.165) is 19.3 Å². The Morgan fingerprint density at radius 1 is 1.21 bits per heavy atom. The number of rotatable bonds is 5. The third-order valence-electron chi connectivity index (χ3n) is 3.19. The number of ether oxygens (including phenoxy) is 1. The first-order chi connectivity index (χ1) is 9.20. The number of esters is 1. The van der Waals surface area contributed by atoms with Crippen molar-refractivity contribution in [2.75, 3.05) is 7.11 Å². The summed E-state index contributed by atoms with van der Waals surface area (Å²) in [6, 6.07) is 14.9. The van der Waals surface area contributed by atoms with E-state index in [9.17, 15) is 4.79 Å². The molecule has 0 bridgehead atoms. The number of carbonyl (C=O) groups excluding carboxylic acids is 1. The molecule has 0 fully saturated rings. The fraction of sp³-hybridized carbons (Fsp3) is 0.312. The Balaban J connectivity index is 1.93. The zero-order chi connectivity index (χ0) is 13.7. The van der Waals surface area contributed by atoms with Crippen LogP contribution < -0.4 is 0 Å². The third kappa shape index (κ3) is 3.80. The number of hydrogen-bond donors (Lipinski definition) is 0. The van der Waals surface area contributed by atoms with Crippen LogP contribution in [-0.2, 0) is 16.0 Å². The van der Waals surface area contributed by atoms with Crippen LogP contribution in [0, 0.1) is 0 Å². The Labute approximate surface area is 121 Å². The topological polar surface area (TPSA) is 26.3 Å². The molecule has 0 amide bonds. The van der Waals surface area contributed by atoms with Gasteiger partial charge in [0.25, 0.3) is 0 Å². The van der Waals surface area contributed by atoms with E-state index in [1.54, 1.807) is 0 Å². The van der Waals surface area contributed by atoms with E-state index in [1.807, 2.05) is 6.07 Å². The molecule has 2 aromatic carbocycles. The molecular formula is C16H17BrO2. The molecule has 2 aromatic rings. The van der Waals surface area contributed by atoms with Gasteiger partial charge in [-0.05, 0) is 35.6 Å². The van der Waals surface area contributed by atoms with E-state index < -0.39 is 0 Å². The molecule has 2 nitrogen and oxygen atoms in total. The average Bonchev–Trinajstić information content (AvgIpc) is 2.46. The molecule has 100 valence electrons. The summed E-state index contributed by atoms with van der Waals surface area (Å²) in [5.41, 5.74) is 1.31. The molecule has 19 heavy (non-hydrogen) atoms. The highest BCUT2D eigenvalue weighted by molar-refractivity contribution is 9.10. The van der Waals surface area contributed by atoms with Crippen LogP contribution in [0.1, 0.15) is 18.4 Å². The molecular weight excluding hydrogens is 304 g/mol. The van der Waals surface area contributed by atoms with Crippen LogP contribution in [0.3, 0.4) is 0 Å². The summed E-state index contributed by atoms with van der Waals surface area (Å²) < 4.78 is 4.69. The predicted octanol–water partition coefficient (Wildman–Crippen LogP) is 4.10. The van der Waals surface area contributed by atoms with Gasteiger partial charge in [-0.15, -0.1) is 0 Å². The van der Waals surface area contributed by atoms with E-state index in [4.69, 9.17) is 0 Å². The lowest BCUT2D eigenvalue weighted by atomic mass is 10.0. The maximum absolute atomic E-state index is 11.3. The Morgan fingerprint density at radius 2 is 1.95 bits per heavy atom. The number of halogens is 1. The minimum atomic E-state index is -0.196. The second kappa shape index (κ2) is 6.71. The number of alkyl halides is 1. The van der Waals surface area contributed by atoms with E-state index in [0.29, 0.717) is 0 Å². The zero-order valence-electron chi connectivity index (χ0n) is 10.9. The van der Waals surface area contributed by atoms with Crippen molar-refractivity contribution in [2.45, 2.75) is 24.1 Å². The molecule has 1 atom stereocenters. The average molecular weight is 321 g/mol. The summed E-state index contributed by atoms with van der Waals surface area (Å²) in [6.07, 6.45) is 2.73. The third-order valence-corrected chi connectivity index (χ3v) is 4.03. The van der Waals surface area contributed by atoms with Crippen molar-refractivity contribution in [3.63, 3.8) is 0 Å². The van der Waals surface area contributed by atoms with Gasteiger partial charge in [-0.2, -0.15) is 0 Å². The van der Waals surface area contributed by atoms with Gasteiger partial charge in [0.15, 0.2) is 0 Å². The van der Waals surface area contributed by atoms with Gasteiger partial charge in [0.1, 0.15) is 4.83 Å². The number of fused-ring (bicyclic) bond motifs is 1. The van der Waals surface area contributed by atoms with Crippen LogP contribution in [-0.4, -0.2) is 17.9 Å². The molecule has 0 aliphatic heterocycles. The zero-order valence-corrected chi connectivity index (χ0v) is 12.5. The molecule has 0 aromatic heterocycles. The molecule has 0 aliphatic carbocycles. The number of hydrogen-bond acceptors (Lipinski definition) is 2. The Kier molecular flexibility index (Phi) is 4.97. The highest BCUT2D eigenvalue weighted by Crippen LogP contribution is 2.18. The first-order valence-electron chi connectivity index (χ1n) is 6.40. The second-order valence-corrected chi connectivity index (χ2v) is 5.67. The normalized spacial score (nSPS) is 12.3. The van der Waals surface area contributed by atoms with Crippen molar-refractivity contribution >= 4 is 32.7 Å². The van der Waals surface area contributed by atoms with Gasteiger partial charge in [0, 0.05) is 0 Å². The van der Waals surface area contributed by atoms with Gasteiger partial charge < -0.3 is 4.74 Å². The van der Waals surface area contributed by atoms with Crippen molar-refractivity contribution in [2.24, 2.45) is 0 Å². The first-order valence-corrected chi connectivity index (χ1v) is 7.32. The summed E-state index contributed by atoms with van der Waals surface area (Å²) >= 11 is 3.34. The molecule has 0 heterocycles. The van der Waals surface area contributed by atoms with Crippen LogP contribution >= 0.6 is 15.9 Å². The number of carbonyl (C=O) groups is 1. The standard InChI is InChI=1S/C16H17BrO2/c1-19-16(18)15(17)8-4-5-12-9-10-13-6-2-3-7-14(13)11-12/h2-3,6-7,9-11,15H,4-5,8H2,1H3. The smallest absolute Gasteiger partial charge is 0.319 e. The SMILES string of the molecule is COC(=O)C(Br)CCCc1ccc2ccccc2c1. The minimum absolute atomic E-state index is 0.196. The van der Waals surface area contributed by atoms with Crippen molar-refractivity contribution < 1.29 is 9.53 Å². The Morgan fingerprint density at radius 3 is 2.68 bits per heavy atom. The Hall–Kier alpha value is -1.35. The second-order valence-electron chi connectivity index (χ2n) is 4.56. The highest BCUT2D eigenvalue weighted by Gasteiger charge is 2.14. The molecule has 0 saturated carbocycles. The lowest BCUT2D eigenvalue weighted by molar-refractivity contribution is -0.139. The minimum Gasteiger partial charge on any atom is -0.468 e. The van der Waals surface area contributed by atoms with Gasteiger partial charge in [0.05, 0.1) is 7.11 Å². The summed E-state index contributed by atoms with van der Waals surface area (Å²) in [6.45, 7) is 0. The van der Waals surface area contributed by atoms with Crippen molar-refractivity contribution in [3.8, 4) is 0 Å². The van der Waals surface area contributed by atoms with Crippen molar-refractivity contribution in [1.29, 1.82) is 0 Å². The van der Waals surface area contributed by atoms with Crippen molar-refractivity contribution in [1.82, 2.24) is 0 Å². The summed E-state index contributed by atoms with van der Waals surface area (Å²) in [5.74, 6) is -0.196. The van der Waals surface area contributed by atoms with Crippen molar-refractivity contribution in [3.05, 3.63) is 48.0 Å². The van der Waals surface area contributed by atoms with Crippen LogP contribution in [0.25, 0.3) is 10.8 Å². The van der Waals surface area contributed by atoms with Gasteiger partial charge >= 0.3 is 5.97 Å². The van der Waals surface area contributed by atoms with Crippen LogP contribution in [0.5, 0.6) is 0 Å². The van der Waals surface area contributed by atoms with E-state index in [1.165, 1.54) is 23.4 Å². The quantitative estimate of drug-likeness (QED) is 0.612. The van der Waals surface area contributed by atoms with E-state index in [-0.39, 0.29) is 10.8 Å². The van der Waals surface area contributed by atoms with Crippen LogP contribution in [0.2, 0.25) is 0 Å².